The number of aliphatic hydroxyl groups excluding tert-OH is 1. The Bertz CT molecular complexity index is 306. The van der Waals surface area contributed by atoms with Gasteiger partial charge in [-0.25, -0.2) is 0 Å². The van der Waals surface area contributed by atoms with Crippen LogP contribution in [0.25, 0.3) is 0 Å². The number of alkyl halides is 3. The van der Waals surface area contributed by atoms with Crippen LogP contribution in [0.1, 0.15) is 90.4 Å². The molecule has 0 rings (SSSR count). The molecule has 0 saturated carbocycles. The van der Waals surface area contributed by atoms with Crippen LogP contribution in [0.4, 0.5) is 0 Å². The number of hydrogen-bond acceptors (Lipinski definition) is 3. The van der Waals surface area contributed by atoms with Crippen molar-refractivity contribution in [1.29, 1.82) is 0 Å². The Labute approximate surface area is 162 Å². The van der Waals surface area contributed by atoms with Crippen molar-refractivity contribution in [3.63, 3.8) is 0 Å². The van der Waals surface area contributed by atoms with Crippen LogP contribution < -0.4 is 0 Å². The lowest BCUT2D eigenvalue weighted by Gasteiger charge is -2.13. The summed E-state index contributed by atoms with van der Waals surface area (Å²) in [7, 11) is 0. The highest BCUT2D eigenvalue weighted by Gasteiger charge is 2.22. The van der Waals surface area contributed by atoms with Crippen LogP contribution in [0.3, 0.4) is 0 Å². The molecule has 0 saturated heterocycles. The highest BCUT2D eigenvalue weighted by Crippen LogP contribution is 2.26. The summed E-state index contributed by atoms with van der Waals surface area (Å²) in [5.41, 5.74) is 0. The summed E-state index contributed by atoms with van der Waals surface area (Å²) in [4.78, 5) is 11.4. The molecule has 6 heteroatoms. The van der Waals surface area contributed by atoms with Crippen molar-refractivity contribution in [3.05, 3.63) is 0 Å². The van der Waals surface area contributed by atoms with Gasteiger partial charge in [-0.2, -0.15) is 0 Å². The molecule has 0 spiro atoms. The van der Waals surface area contributed by atoms with E-state index in [0.29, 0.717) is 6.42 Å². The number of carbonyl (C=O) groups excluding carboxylic acids is 1. The first-order valence-corrected chi connectivity index (χ1v) is 10.4. The van der Waals surface area contributed by atoms with Crippen molar-refractivity contribution in [2.45, 2.75) is 100 Å². The van der Waals surface area contributed by atoms with Crippen LogP contribution >= 0.6 is 34.8 Å². The molecule has 0 aromatic rings. The third kappa shape index (κ3) is 18.6. The predicted octanol–water partition coefficient (Wildman–Crippen LogP) is 6.35. The Morgan fingerprint density at radius 1 is 0.917 bits per heavy atom. The summed E-state index contributed by atoms with van der Waals surface area (Å²) in [6.07, 6.45) is 13.8. The molecule has 0 bridgehead atoms. The van der Waals surface area contributed by atoms with Gasteiger partial charge in [-0.3, -0.25) is 4.79 Å². The molecule has 0 aliphatic rings. The zero-order valence-corrected chi connectivity index (χ0v) is 17.1. The quantitative estimate of drug-likeness (QED) is 0.197. The third-order valence-electron chi connectivity index (χ3n) is 3.94. The Hall–Kier alpha value is 0.300. The summed E-state index contributed by atoms with van der Waals surface area (Å²) in [5, 5.41) is 9.79. The highest BCUT2D eigenvalue weighted by molar-refractivity contribution is 6.67. The molecule has 144 valence electrons. The van der Waals surface area contributed by atoms with E-state index >= 15 is 0 Å². The maximum Gasteiger partial charge on any atom is 0.308 e. The molecule has 0 aromatic carbocycles. The molecule has 1 N–H and O–H groups in total. The molecule has 1 atom stereocenters. The minimum Gasteiger partial charge on any atom is -0.461 e. The molecular weight excluding hydrogens is 371 g/mol. The van der Waals surface area contributed by atoms with Crippen LogP contribution in [-0.4, -0.2) is 27.6 Å². The zero-order valence-electron chi connectivity index (χ0n) is 14.9. The van der Waals surface area contributed by atoms with Crippen molar-refractivity contribution >= 4 is 40.8 Å². The Morgan fingerprint density at radius 3 is 1.83 bits per heavy atom. The average Bonchev–Trinajstić information content (AvgIpc) is 2.50. The molecule has 0 heterocycles. The molecule has 0 aliphatic carbocycles. The number of carbonyl (C=O) groups is 1. The van der Waals surface area contributed by atoms with E-state index in [2.05, 4.69) is 6.92 Å². The highest BCUT2D eigenvalue weighted by atomic mass is 35.6. The summed E-state index contributed by atoms with van der Waals surface area (Å²) in [6, 6.07) is 0. The SMILES string of the molecule is CCCCCCCCCCCCC[C@@H](O)CC(=O)OCC(Cl)(Cl)Cl. The predicted molar refractivity (Wildman–Crippen MR) is 103 cm³/mol. The maximum atomic E-state index is 11.4. The number of unbranched alkanes of at least 4 members (excludes halogenated alkanes) is 10. The number of rotatable bonds is 15. The second-order valence-electron chi connectivity index (χ2n) is 6.46. The standard InChI is InChI=1S/C18H33Cl3O3/c1-2-3-4-5-6-7-8-9-10-11-12-13-16(22)14-17(23)24-15-18(19,20)21/h16,22H,2-15H2,1H3/t16-/m1/s1. The zero-order chi connectivity index (χ0) is 18.3. The largest absolute Gasteiger partial charge is 0.461 e. The number of ether oxygens (including phenoxy) is 1. The lowest BCUT2D eigenvalue weighted by molar-refractivity contribution is -0.145. The lowest BCUT2D eigenvalue weighted by Crippen LogP contribution is -2.21. The van der Waals surface area contributed by atoms with E-state index in [9.17, 15) is 9.90 Å². The Kier molecular flexibility index (Phi) is 15.7. The van der Waals surface area contributed by atoms with E-state index < -0.39 is 15.9 Å². The van der Waals surface area contributed by atoms with Crippen LogP contribution in [0.5, 0.6) is 0 Å². The van der Waals surface area contributed by atoms with Gasteiger partial charge in [0, 0.05) is 0 Å². The smallest absolute Gasteiger partial charge is 0.308 e. The van der Waals surface area contributed by atoms with Gasteiger partial charge in [0.25, 0.3) is 0 Å². The van der Waals surface area contributed by atoms with Crippen LogP contribution in [0.2, 0.25) is 0 Å². The first-order chi connectivity index (χ1) is 11.3. The van der Waals surface area contributed by atoms with Crippen molar-refractivity contribution in [1.82, 2.24) is 0 Å². The van der Waals surface area contributed by atoms with Gasteiger partial charge in [-0.1, -0.05) is 112 Å². The first-order valence-electron chi connectivity index (χ1n) is 9.25. The van der Waals surface area contributed by atoms with Crippen molar-refractivity contribution in [2.24, 2.45) is 0 Å². The van der Waals surface area contributed by atoms with Crippen LogP contribution in [0.15, 0.2) is 0 Å². The molecule has 24 heavy (non-hydrogen) atoms. The minimum absolute atomic E-state index is 0.0431. The minimum atomic E-state index is -1.60. The topological polar surface area (TPSA) is 46.5 Å². The Balaban J connectivity index is 3.37. The van der Waals surface area contributed by atoms with Gasteiger partial charge >= 0.3 is 5.97 Å². The molecule has 0 amide bonds. The van der Waals surface area contributed by atoms with E-state index in [1.54, 1.807) is 0 Å². The van der Waals surface area contributed by atoms with Crippen molar-refractivity contribution in [2.75, 3.05) is 6.61 Å². The van der Waals surface area contributed by atoms with Gasteiger partial charge < -0.3 is 9.84 Å². The molecule has 3 nitrogen and oxygen atoms in total. The Morgan fingerprint density at radius 2 is 1.38 bits per heavy atom. The maximum absolute atomic E-state index is 11.4. The number of hydrogen-bond donors (Lipinski definition) is 1. The molecule has 0 fully saturated rings. The lowest BCUT2D eigenvalue weighted by atomic mass is 10.0. The van der Waals surface area contributed by atoms with Gasteiger partial charge in [0.2, 0.25) is 3.79 Å². The summed E-state index contributed by atoms with van der Waals surface area (Å²) in [6.45, 7) is 1.95. The fourth-order valence-electron chi connectivity index (χ4n) is 2.56. The number of aliphatic hydroxyl groups is 1. The van der Waals surface area contributed by atoms with E-state index in [-0.39, 0.29) is 13.0 Å². The number of esters is 1. The van der Waals surface area contributed by atoms with Crippen LogP contribution in [-0.2, 0) is 9.53 Å². The van der Waals surface area contributed by atoms with Crippen LogP contribution in [0, 0.1) is 0 Å². The molecule has 0 aromatic heterocycles. The normalized spacial score (nSPS) is 13.0. The average molecular weight is 404 g/mol. The van der Waals surface area contributed by atoms with Crippen molar-refractivity contribution < 1.29 is 14.6 Å². The van der Waals surface area contributed by atoms with E-state index in [1.807, 2.05) is 0 Å². The molecule has 0 radical (unpaired) electrons. The second kappa shape index (κ2) is 15.5. The van der Waals surface area contributed by atoms with Gasteiger partial charge in [-0.15, -0.1) is 0 Å². The van der Waals surface area contributed by atoms with E-state index in [4.69, 9.17) is 39.5 Å². The van der Waals surface area contributed by atoms with Gasteiger partial charge in [0.05, 0.1) is 12.5 Å². The van der Waals surface area contributed by atoms with E-state index in [1.165, 1.54) is 57.8 Å². The fourth-order valence-corrected chi connectivity index (χ4v) is 2.72. The molecule has 0 aliphatic heterocycles. The monoisotopic (exact) mass is 402 g/mol. The second-order valence-corrected chi connectivity index (χ2v) is 8.97. The van der Waals surface area contributed by atoms with Gasteiger partial charge in [-0.05, 0) is 6.42 Å². The fraction of sp³-hybridized carbons (Fsp3) is 0.944. The van der Waals surface area contributed by atoms with E-state index in [0.717, 1.165) is 12.8 Å². The summed E-state index contributed by atoms with van der Waals surface area (Å²) >= 11 is 16.5. The van der Waals surface area contributed by atoms with Gasteiger partial charge in [0.15, 0.2) is 0 Å². The third-order valence-corrected chi connectivity index (χ3v) is 4.27. The first kappa shape index (κ1) is 24.3. The number of halogens is 3. The van der Waals surface area contributed by atoms with Gasteiger partial charge in [0.1, 0.15) is 6.61 Å². The van der Waals surface area contributed by atoms with Crippen molar-refractivity contribution in [3.8, 4) is 0 Å². The molecule has 0 unspecified atom stereocenters. The summed E-state index contributed by atoms with van der Waals surface area (Å²) < 4.78 is 3.19. The molecular formula is C18H33Cl3O3. The summed E-state index contributed by atoms with van der Waals surface area (Å²) in [5.74, 6) is -0.531.